The molecule has 0 amide bonds. The van der Waals surface area contributed by atoms with Gasteiger partial charge in [-0.2, -0.15) is 0 Å². The molecule has 0 spiro atoms. The Kier molecular flexibility index (Phi) is 4.60. The maximum absolute atomic E-state index is 13.8. The van der Waals surface area contributed by atoms with E-state index in [0.29, 0.717) is 17.9 Å². The van der Waals surface area contributed by atoms with Gasteiger partial charge in [0.15, 0.2) is 0 Å². The first-order chi connectivity index (χ1) is 9.67. The summed E-state index contributed by atoms with van der Waals surface area (Å²) < 4.78 is 33.0. The highest BCUT2D eigenvalue weighted by Gasteiger charge is 2.21. The van der Waals surface area contributed by atoms with Crippen LogP contribution in [0.25, 0.3) is 0 Å². The summed E-state index contributed by atoms with van der Waals surface area (Å²) in [5.41, 5.74) is 2.78. The van der Waals surface area contributed by atoms with Crippen LogP contribution in [0.15, 0.2) is 36.7 Å². The lowest BCUT2D eigenvalue weighted by Crippen LogP contribution is -2.30. The average molecular weight is 279 g/mol. The molecule has 0 fully saturated rings. The van der Waals surface area contributed by atoms with Gasteiger partial charge in [-0.3, -0.25) is 10.8 Å². The van der Waals surface area contributed by atoms with Crippen LogP contribution >= 0.6 is 0 Å². The maximum Gasteiger partial charge on any atom is 0.137 e. The van der Waals surface area contributed by atoms with Gasteiger partial charge >= 0.3 is 0 Å². The molecular formula is C14H15F2N3O. The predicted octanol–water partition coefficient (Wildman–Crippen LogP) is 2.31. The molecule has 0 aliphatic carbocycles. The molecule has 4 nitrogen and oxygen atoms in total. The quantitative estimate of drug-likeness (QED) is 0.651. The van der Waals surface area contributed by atoms with Crippen LogP contribution in [0.5, 0.6) is 5.75 Å². The molecule has 0 aliphatic heterocycles. The van der Waals surface area contributed by atoms with E-state index in [1.165, 1.54) is 30.6 Å². The van der Waals surface area contributed by atoms with Crippen LogP contribution in [0.4, 0.5) is 8.78 Å². The zero-order valence-electron chi connectivity index (χ0n) is 10.9. The van der Waals surface area contributed by atoms with Crippen molar-refractivity contribution in [2.75, 3.05) is 6.61 Å². The highest BCUT2D eigenvalue weighted by atomic mass is 19.1. The van der Waals surface area contributed by atoms with Gasteiger partial charge in [0, 0.05) is 11.8 Å². The molecule has 106 valence electrons. The third-order valence-corrected chi connectivity index (χ3v) is 2.83. The highest BCUT2D eigenvalue weighted by Crippen LogP contribution is 2.27. The second-order valence-electron chi connectivity index (χ2n) is 4.12. The molecular weight excluding hydrogens is 264 g/mol. The smallest absolute Gasteiger partial charge is 0.137 e. The van der Waals surface area contributed by atoms with Gasteiger partial charge in [0.1, 0.15) is 17.4 Å². The molecule has 1 aromatic carbocycles. The average Bonchev–Trinajstić information content (AvgIpc) is 2.44. The molecule has 1 heterocycles. The van der Waals surface area contributed by atoms with Crippen LogP contribution in [0.3, 0.4) is 0 Å². The molecule has 2 aromatic rings. The van der Waals surface area contributed by atoms with Gasteiger partial charge < -0.3 is 4.74 Å². The van der Waals surface area contributed by atoms with Crippen molar-refractivity contribution in [3.63, 3.8) is 0 Å². The van der Waals surface area contributed by atoms with Crippen LogP contribution in [0, 0.1) is 11.6 Å². The fourth-order valence-corrected chi connectivity index (χ4v) is 1.97. The van der Waals surface area contributed by atoms with Gasteiger partial charge in [0.05, 0.1) is 18.8 Å². The number of nitrogens with zero attached hydrogens (tertiary/aromatic N) is 1. The summed E-state index contributed by atoms with van der Waals surface area (Å²) in [5.74, 6) is 4.62. The van der Waals surface area contributed by atoms with E-state index in [4.69, 9.17) is 10.6 Å². The second-order valence-corrected chi connectivity index (χ2v) is 4.12. The summed E-state index contributed by atoms with van der Waals surface area (Å²) in [7, 11) is 0. The number of nitrogens with one attached hydrogen (secondary N) is 1. The van der Waals surface area contributed by atoms with Crippen LogP contribution < -0.4 is 16.0 Å². The Labute approximate surface area is 115 Å². The van der Waals surface area contributed by atoms with E-state index in [1.807, 2.05) is 6.92 Å². The molecule has 6 heteroatoms. The number of rotatable bonds is 5. The van der Waals surface area contributed by atoms with Crippen LogP contribution in [0.2, 0.25) is 0 Å². The van der Waals surface area contributed by atoms with E-state index in [9.17, 15) is 8.78 Å². The molecule has 0 aliphatic rings. The van der Waals surface area contributed by atoms with Crippen LogP contribution in [-0.2, 0) is 0 Å². The topological polar surface area (TPSA) is 60.2 Å². The Bertz CT molecular complexity index is 572. The molecule has 1 unspecified atom stereocenters. The molecule has 0 saturated heterocycles. The lowest BCUT2D eigenvalue weighted by molar-refractivity contribution is 0.338. The number of nitrogens with two attached hydrogens (primary N) is 1. The largest absolute Gasteiger partial charge is 0.492 e. The third kappa shape index (κ3) is 2.92. The van der Waals surface area contributed by atoms with Crippen LogP contribution in [0.1, 0.15) is 24.1 Å². The SMILES string of the molecule is CCOc1cncc(C(NN)c2c(F)cccc2F)c1. The number of aromatic nitrogens is 1. The van der Waals surface area contributed by atoms with Gasteiger partial charge in [0.25, 0.3) is 0 Å². The fraction of sp³-hybridized carbons (Fsp3) is 0.214. The van der Waals surface area contributed by atoms with Crippen molar-refractivity contribution in [1.29, 1.82) is 0 Å². The minimum absolute atomic E-state index is 0.148. The van der Waals surface area contributed by atoms with E-state index >= 15 is 0 Å². The number of ether oxygens (including phenoxy) is 1. The van der Waals surface area contributed by atoms with Crippen molar-refractivity contribution < 1.29 is 13.5 Å². The lowest BCUT2D eigenvalue weighted by atomic mass is 9.99. The molecule has 2 rings (SSSR count). The number of halogens is 2. The number of pyridine rings is 1. The minimum atomic E-state index is -0.843. The number of benzene rings is 1. The Hall–Kier alpha value is -2.05. The van der Waals surface area contributed by atoms with Crippen molar-refractivity contribution >= 4 is 0 Å². The van der Waals surface area contributed by atoms with E-state index in [0.717, 1.165) is 0 Å². The predicted molar refractivity (Wildman–Crippen MR) is 70.9 cm³/mol. The number of hydrogen-bond donors (Lipinski definition) is 2. The van der Waals surface area contributed by atoms with Gasteiger partial charge in [-0.25, -0.2) is 14.2 Å². The molecule has 1 aromatic heterocycles. The van der Waals surface area contributed by atoms with E-state index in [-0.39, 0.29) is 5.56 Å². The minimum Gasteiger partial charge on any atom is -0.492 e. The second kappa shape index (κ2) is 6.40. The summed E-state index contributed by atoms with van der Waals surface area (Å²) in [6.45, 7) is 2.31. The summed E-state index contributed by atoms with van der Waals surface area (Å²) in [6, 6.07) is 4.47. The number of hydrogen-bond acceptors (Lipinski definition) is 4. The molecule has 1 atom stereocenters. The highest BCUT2D eigenvalue weighted by molar-refractivity contribution is 5.35. The molecule has 20 heavy (non-hydrogen) atoms. The zero-order valence-corrected chi connectivity index (χ0v) is 10.9. The summed E-state index contributed by atoms with van der Waals surface area (Å²) in [4.78, 5) is 3.99. The maximum atomic E-state index is 13.8. The molecule has 0 bridgehead atoms. The molecule has 3 N–H and O–H groups in total. The third-order valence-electron chi connectivity index (χ3n) is 2.83. The standard InChI is InChI=1S/C14H15F2N3O/c1-2-20-10-6-9(7-18-8-10)14(19-17)13-11(15)4-3-5-12(13)16/h3-8,14,19H,2,17H2,1H3. The van der Waals surface area contributed by atoms with E-state index in [2.05, 4.69) is 10.4 Å². The first kappa shape index (κ1) is 14.4. The summed E-state index contributed by atoms with van der Waals surface area (Å²) in [6.07, 6.45) is 3.01. The van der Waals surface area contributed by atoms with Gasteiger partial charge in [-0.05, 0) is 30.7 Å². The molecule has 0 saturated carbocycles. The van der Waals surface area contributed by atoms with Crippen LogP contribution in [-0.4, -0.2) is 11.6 Å². The molecule has 0 radical (unpaired) electrons. The van der Waals surface area contributed by atoms with Crippen molar-refractivity contribution in [1.82, 2.24) is 10.4 Å². The lowest BCUT2D eigenvalue weighted by Gasteiger charge is -2.18. The zero-order chi connectivity index (χ0) is 14.5. The number of hydrazine groups is 1. The summed E-state index contributed by atoms with van der Waals surface area (Å²) in [5, 5.41) is 0. The summed E-state index contributed by atoms with van der Waals surface area (Å²) >= 11 is 0. The first-order valence-corrected chi connectivity index (χ1v) is 6.15. The van der Waals surface area contributed by atoms with Gasteiger partial charge in [-0.1, -0.05) is 6.07 Å². The fourth-order valence-electron chi connectivity index (χ4n) is 1.97. The Morgan fingerprint density at radius 3 is 2.60 bits per heavy atom. The van der Waals surface area contributed by atoms with E-state index < -0.39 is 17.7 Å². The Morgan fingerprint density at radius 1 is 1.30 bits per heavy atom. The van der Waals surface area contributed by atoms with Gasteiger partial charge in [0.2, 0.25) is 0 Å². The monoisotopic (exact) mass is 279 g/mol. The first-order valence-electron chi connectivity index (χ1n) is 6.15. The Balaban J connectivity index is 2.44. The van der Waals surface area contributed by atoms with Crippen molar-refractivity contribution in [2.24, 2.45) is 5.84 Å². The van der Waals surface area contributed by atoms with Crippen molar-refractivity contribution in [3.8, 4) is 5.75 Å². The van der Waals surface area contributed by atoms with Crippen molar-refractivity contribution in [2.45, 2.75) is 13.0 Å². The van der Waals surface area contributed by atoms with Gasteiger partial charge in [-0.15, -0.1) is 0 Å². The van der Waals surface area contributed by atoms with Crippen molar-refractivity contribution in [3.05, 3.63) is 59.4 Å². The van der Waals surface area contributed by atoms with E-state index in [1.54, 1.807) is 6.07 Å². The Morgan fingerprint density at radius 2 is 2.00 bits per heavy atom. The normalized spacial score (nSPS) is 12.2.